The highest BCUT2D eigenvalue weighted by Gasteiger charge is 2.10. The van der Waals surface area contributed by atoms with Gasteiger partial charge in [0.05, 0.1) is 11.4 Å². The summed E-state index contributed by atoms with van der Waals surface area (Å²) in [4.78, 5) is 9.01. The number of ether oxygens (including phenoxy) is 2. The van der Waals surface area contributed by atoms with Gasteiger partial charge in [-0.05, 0) is 32.4 Å². The van der Waals surface area contributed by atoms with Crippen LogP contribution in [0.3, 0.4) is 0 Å². The van der Waals surface area contributed by atoms with Gasteiger partial charge in [0.25, 0.3) is 0 Å². The van der Waals surface area contributed by atoms with Crippen LogP contribution in [0.1, 0.15) is 42.0 Å². The summed E-state index contributed by atoms with van der Waals surface area (Å²) in [5.41, 5.74) is 2.93. The van der Waals surface area contributed by atoms with Crippen molar-refractivity contribution in [3.05, 3.63) is 39.6 Å². The van der Waals surface area contributed by atoms with Crippen molar-refractivity contribution in [2.75, 3.05) is 7.11 Å². The second-order valence-corrected chi connectivity index (χ2v) is 5.48. The second-order valence-electron chi connectivity index (χ2n) is 4.59. The van der Waals surface area contributed by atoms with Crippen LogP contribution in [0.5, 0.6) is 5.75 Å². The predicted molar refractivity (Wildman–Crippen MR) is 80.2 cm³/mol. The average Bonchev–Trinajstić information content (AvgIpc) is 2.93. The molecule has 2 rings (SSSR count). The Morgan fingerprint density at radius 1 is 1.30 bits per heavy atom. The van der Waals surface area contributed by atoms with Gasteiger partial charge in [-0.15, -0.1) is 11.3 Å². The van der Waals surface area contributed by atoms with Gasteiger partial charge in [0, 0.05) is 18.2 Å². The maximum atomic E-state index is 5.84. The van der Waals surface area contributed by atoms with Crippen molar-refractivity contribution in [1.29, 1.82) is 0 Å². The molecule has 1 atom stereocenters. The van der Waals surface area contributed by atoms with Crippen LogP contribution in [0.25, 0.3) is 0 Å². The van der Waals surface area contributed by atoms with Crippen LogP contribution in [0.4, 0.5) is 0 Å². The third-order valence-electron chi connectivity index (χ3n) is 3.05. The summed E-state index contributed by atoms with van der Waals surface area (Å²) in [5, 5.41) is 2.99. The van der Waals surface area contributed by atoms with Gasteiger partial charge in [0.1, 0.15) is 23.5 Å². The summed E-state index contributed by atoms with van der Waals surface area (Å²) in [6, 6.07) is 3.94. The third-order valence-corrected chi connectivity index (χ3v) is 4.11. The summed E-state index contributed by atoms with van der Waals surface area (Å²) in [6.07, 6.45) is 0.890. The van der Waals surface area contributed by atoms with E-state index in [-0.39, 0.29) is 6.10 Å². The molecule has 20 heavy (non-hydrogen) atoms. The molecule has 0 aromatic carbocycles. The van der Waals surface area contributed by atoms with Crippen molar-refractivity contribution in [2.45, 2.75) is 39.9 Å². The second kappa shape index (κ2) is 6.81. The van der Waals surface area contributed by atoms with Crippen molar-refractivity contribution in [2.24, 2.45) is 0 Å². The molecule has 2 aromatic rings. The lowest BCUT2D eigenvalue weighted by Crippen LogP contribution is -2.02. The topological polar surface area (TPSA) is 44.2 Å². The van der Waals surface area contributed by atoms with Crippen LogP contribution < -0.4 is 4.74 Å². The van der Waals surface area contributed by atoms with Crippen molar-refractivity contribution in [3.8, 4) is 5.75 Å². The van der Waals surface area contributed by atoms with Gasteiger partial charge in [-0.2, -0.15) is 0 Å². The monoisotopic (exact) mass is 292 g/mol. The Labute approximate surface area is 123 Å². The minimum atomic E-state index is 0.0287. The Balaban J connectivity index is 2.03. The van der Waals surface area contributed by atoms with E-state index in [1.807, 2.05) is 31.4 Å². The van der Waals surface area contributed by atoms with Crippen LogP contribution in [0.2, 0.25) is 0 Å². The highest BCUT2D eigenvalue weighted by atomic mass is 32.1. The zero-order valence-electron chi connectivity index (χ0n) is 12.3. The fraction of sp³-hybridized carbons (Fsp3) is 0.467. The molecule has 0 aliphatic heterocycles. The quantitative estimate of drug-likeness (QED) is 0.814. The van der Waals surface area contributed by atoms with Crippen LogP contribution in [-0.4, -0.2) is 17.1 Å². The number of aryl methyl sites for hydroxylation is 2. The summed E-state index contributed by atoms with van der Waals surface area (Å²) in [5.74, 6) is 0.840. The number of hydrogen-bond acceptors (Lipinski definition) is 5. The molecule has 0 aliphatic carbocycles. The van der Waals surface area contributed by atoms with Crippen molar-refractivity contribution in [1.82, 2.24) is 9.97 Å². The van der Waals surface area contributed by atoms with Crippen molar-refractivity contribution < 1.29 is 9.47 Å². The van der Waals surface area contributed by atoms with Crippen molar-refractivity contribution >= 4 is 11.3 Å². The number of hydrogen-bond donors (Lipinski definition) is 0. The molecule has 108 valence electrons. The first-order chi connectivity index (χ1) is 9.63. The number of rotatable bonds is 6. The van der Waals surface area contributed by atoms with Gasteiger partial charge in [-0.25, -0.2) is 4.98 Å². The molecule has 5 heteroatoms. The molecule has 4 nitrogen and oxygen atoms in total. The van der Waals surface area contributed by atoms with E-state index in [1.165, 1.54) is 0 Å². The number of nitrogens with zero attached hydrogens (tertiary/aromatic N) is 2. The average molecular weight is 292 g/mol. The van der Waals surface area contributed by atoms with Crippen LogP contribution in [-0.2, 0) is 17.8 Å². The van der Waals surface area contributed by atoms with Gasteiger partial charge in [0.15, 0.2) is 0 Å². The molecule has 0 fully saturated rings. The lowest BCUT2D eigenvalue weighted by molar-refractivity contribution is 0.119. The Morgan fingerprint density at radius 3 is 2.80 bits per heavy atom. The third kappa shape index (κ3) is 3.55. The molecule has 0 N–H and O–H groups in total. The van der Waals surface area contributed by atoms with E-state index in [1.54, 1.807) is 18.4 Å². The maximum absolute atomic E-state index is 5.84. The Morgan fingerprint density at radius 2 is 2.10 bits per heavy atom. The fourth-order valence-electron chi connectivity index (χ4n) is 1.81. The summed E-state index contributed by atoms with van der Waals surface area (Å²) in [6.45, 7) is 6.52. The Bertz CT molecular complexity index is 569. The van der Waals surface area contributed by atoms with E-state index in [0.29, 0.717) is 6.61 Å². The van der Waals surface area contributed by atoms with E-state index >= 15 is 0 Å². The Hall–Kier alpha value is -1.46. The van der Waals surface area contributed by atoms with Crippen molar-refractivity contribution in [3.63, 3.8) is 0 Å². The molecule has 0 aliphatic rings. The number of thiazole rings is 1. The maximum Gasteiger partial charge on any atom is 0.141 e. The molecule has 2 aromatic heterocycles. The highest BCUT2D eigenvalue weighted by molar-refractivity contribution is 7.09. The lowest BCUT2D eigenvalue weighted by Gasteiger charge is -2.09. The highest BCUT2D eigenvalue weighted by Crippen LogP contribution is 2.22. The molecule has 0 spiro atoms. The number of aromatic nitrogens is 2. The lowest BCUT2D eigenvalue weighted by atomic mass is 10.2. The van der Waals surface area contributed by atoms with Gasteiger partial charge >= 0.3 is 0 Å². The smallest absolute Gasteiger partial charge is 0.141 e. The number of pyridine rings is 1. The first-order valence-corrected chi connectivity index (χ1v) is 7.58. The summed E-state index contributed by atoms with van der Waals surface area (Å²) in [7, 11) is 1.69. The number of methoxy groups -OCH3 is 1. The summed E-state index contributed by atoms with van der Waals surface area (Å²) >= 11 is 1.60. The van der Waals surface area contributed by atoms with Crippen LogP contribution in [0, 0.1) is 6.92 Å². The van der Waals surface area contributed by atoms with E-state index in [0.717, 1.165) is 34.3 Å². The van der Waals surface area contributed by atoms with E-state index in [4.69, 9.17) is 9.47 Å². The molecule has 1 unspecified atom stereocenters. The SMILES string of the molecule is CCc1nc(C)ccc1OCc1csc(C(C)OC)n1. The Kier molecular flexibility index (Phi) is 5.09. The first kappa shape index (κ1) is 14.9. The van der Waals surface area contributed by atoms with Crippen LogP contribution >= 0.6 is 11.3 Å². The predicted octanol–water partition coefficient (Wildman–Crippen LogP) is 3.70. The van der Waals surface area contributed by atoms with Gasteiger partial charge in [-0.1, -0.05) is 6.92 Å². The van der Waals surface area contributed by atoms with Gasteiger partial charge in [0.2, 0.25) is 0 Å². The fourth-order valence-corrected chi connectivity index (χ4v) is 2.65. The molecular weight excluding hydrogens is 272 g/mol. The van der Waals surface area contributed by atoms with E-state index < -0.39 is 0 Å². The van der Waals surface area contributed by atoms with E-state index in [2.05, 4.69) is 16.9 Å². The molecule has 0 bridgehead atoms. The molecular formula is C15H20N2O2S. The zero-order chi connectivity index (χ0) is 14.5. The molecule has 0 radical (unpaired) electrons. The first-order valence-electron chi connectivity index (χ1n) is 6.70. The summed E-state index contributed by atoms with van der Waals surface area (Å²) < 4.78 is 11.1. The normalized spacial score (nSPS) is 12.4. The zero-order valence-corrected chi connectivity index (χ0v) is 13.2. The molecule has 0 amide bonds. The minimum absolute atomic E-state index is 0.0287. The molecule has 2 heterocycles. The molecule has 0 saturated heterocycles. The van der Waals surface area contributed by atoms with Crippen LogP contribution in [0.15, 0.2) is 17.5 Å². The van der Waals surface area contributed by atoms with Gasteiger partial charge < -0.3 is 9.47 Å². The molecule has 0 saturated carbocycles. The minimum Gasteiger partial charge on any atom is -0.485 e. The standard InChI is InChI=1S/C15H20N2O2S/c1-5-13-14(7-6-10(2)16-13)19-8-12-9-20-15(17-12)11(3)18-4/h6-7,9,11H,5,8H2,1-4H3. The van der Waals surface area contributed by atoms with Gasteiger partial charge in [-0.3, -0.25) is 4.98 Å². The largest absolute Gasteiger partial charge is 0.485 e. The van der Waals surface area contributed by atoms with E-state index in [9.17, 15) is 0 Å².